The second kappa shape index (κ2) is 9.44. The van der Waals surface area contributed by atoms with Crippen LogP contribution in [0.2, 0.25) is 0 Å². The van der Waals surface area contributed by atoms with Crippen LogP contribution in [0.4, 0.5) is 25.8 Å². The second-order valence-corrected chi connectivity index (χ2v) is 8.88. The van der Waals surface area contributed by atoms with Crippen molar-refractivity contribution < 1.29 is 23.3 Å². The quantitative estimate of drug-likeness (QED) is 0.423. The Morgan fingerprint density at radius 3 is 2.69 bits per heavy atom. The van der Waals surface area contributed by atoms with Gasteiger partial charge in [-0.25, -0.2) is 4.39 Å². The molecule has 1 saturated heterocycles. The van der Waals surface area contributed by atoms with Gasteiger partial charge in [-0.3, -0.25) is 19.7 Å². The largest absolute Gasteiger partial charge is 0.326 e. The molecule has 12 heteroatoms. The predicted octanol–water partition coefficient (Wildman–Crippen LogP) is 3.85. The Labute approximate surface area is 204 Å². The molecule has 36 heavy (non-hydrogen) atoms. The molecule has 0 saturated carbocycles. The number of anilines is 2. The zero-order chi connectivity index (χ0) is 25.4. The van der Waals surface area contributed by atoms with Crippen LogP contribution in [0.25, 0.3) is 11.4 Å². The lowest BCUT2D eigenvalue weighted by Gasteiger charge is -2.17. The summed E-state index contributed by atoms with van der Waals surface area (Å²) in [7, 11) is 0. The number of nitro groups is 1. The van der Waals surface area contributed by atoms with Crippen LogP contribution in [-0.4, -0.2) is 38.0 Å². The molecule has 1 fully saturated rings. The highest BCUT2D eigenvalue weighted by Crippen LogP contribution is 2.31. The van der Waals surface area contributed by atoms with Crippen molar-refractivity contribution >= 4 is 28.9 Å². The minimum absolute atomic E-state index is 0.0286. The number of nitrogens with zero attached hydrogens (tertiary/aromatic N) is 5. The molecular weight excluding hydrogens is 474 g/mol. The normalized spacial score (nSPS) is 17.6. The molecular formula is C24H22F2N6O4. The first-order valence-electron chi connectivity index (χ1n) is 11.6. The summed E-state index contributed by atoms with van der Waals surface area (Å²) in [5.41, 5.74) is -0.0553. The molecule has 3 aromatic rings. The maximum atomic E-state index is 14.7. The summed E-state index contributed by atoms with van der Waals surface area (Å²) in [6.45, 7) is 0.661. The molecule has 0 bridgehead atoms. The average Bonchev–Trinajstić information content (AvgIpc) is 3.35. The molecule has 5 rings (SSSR count). The number of aromatic nitrogens is 3. The van der Waals surface area contributed by atoms with Gasteiger partial charge in [0.15, 0.2) is 5.82 Å². The number of aryl methyl sites for hydroxylation is 1. The molecule has 0 radical (unpaired) electrons. The Morgan fingerprint density at radius 1 is 1.08 bits per heavy atom. The first-order valence-corrected chi connectivity index (χ1v) is 11.6. The van der Waals surface area contributed by atoms with E-state index in [0.717, 1.165) is 43.6 Å². The number of rotatable bonds is 5. The molecule has 0 aliphatic carbocycles. The van der Waals surface area contributed by atoms with E-state index in [1.54, 1.807) is 0 Å². The summed E-state index contributed by atoms with van der Waals surface area (Å²) in [5, 5.41) is 22.2. The van der Waals surface area contributed by atoms with Crippen molar-refractivity contribution in [2.45, 2.75) is 38.6 Å². The van der Waals surface area contributed by atoms with Gasteiger partial charge < -0.3 is 14.8 Å². The van der Waals surface area contributed by atoms with Crippen LogP contribution in [-0.2, 0) is 22.6 Å². The first kappa shape index (κ1) is 23.5. The fourth-order valence-electron chi connectivity index (χ4n) is 4.64. The molecule has 10 nitrogen and oxygen atoms in total. The molecule has 1 unspecified atom stereocenters. The van der Waals surface area contributed by atoms with Crippen molar-refractivity contribution in [3.8, 4) is 11.4 Å². The van der Waals surface area contributed by atoms with Crippen molar-refractivity contribution in [3.05, 3.63) is 64.0 Å². The van der Waals surface area contributed by atoms with Crippen LogP contribution in [0.15, 0.2) is 36.4 Å². The van der Waals surface area contributed by atoms with Crippen LogP contribution in [0.3, 0.4) is 0 Å². The Hall–Kier alpha value is -4.22. The van der Waals surface area contributed by atoms with E-state index in [1.807, 2.05) is 4.57 Å². The van der Waals surface area contributed by atoms with Gasteiger partial charge in [-0.05, 0) is 43.2 Å². The maximum Gasteiger partial charge on any atom is 0.306 e. The molecule has 1 aromatic heterocycles. The number of amides is 2. The van der Waals surface area contributed by atoms with E-state index in [9.17, 15) is 28.5 Å². The van der Waals surface area contributed by atoms with Gasteiger partial charge in [0.1, 0.15) is 11.6 Å². The van der Waals surface area contributed by atoms with Crippen molar-refractivity contribution in [2.24, 2.45) is 5.92 Å². The number of hydrogen-bond donors (Lipinski definition) is 1. The maximum absolute atomic E-state index is 14.7. The topological polar surface area (TPSA) is 123 Å². The molecule has 1 N–H and O–H groups in total. The highest BCUT2D eigenvalue weighted by molar-refractivity contribution is 6.03. The molecule has 1 atom stereocenters. The number of carbonyl (C=O) groups excluding carboxylic acids is 2. The van der Waals surface area contributed by atoms with E-state index in [4.69, 9.17) is 0 Å². The SMILES string of the molecule is O=C(Nc1ccc(F)c(-c2nnc3n2CCCCC3)c1)C1CC(=O)N(c2ccc(F)c([N+](=O)[O-])c2)C1. The molecule has 3 heterocycles. The van der Waals surface area contributed by atoms with Gasteiger partial charge in [-0.2, -0.15) is 4.39 Å². The van der Waals surface area contributed by atoms with Crippen LogP contribution < -0.4 is 10.2 Å². The number of carbonyl (C=O) groups is 2. The average molecular weight is 496 g/mol. The van der Waals surface area contributed by atoms with Crippen LogP contribution in [0.5, 0.6) is 0 Å². The monoisotopic (exact) mass is 496 g/mol. The lowest BCUT2D eigenvalue weighted by molar-refractivity contribution is -0.387. The summed E-state index contributed by atoms with van der Waals surface area (Å²) in [4.78, 5) is 36.9. The third-order valence-corrected chi connectivity index (χ3v) is 6.52. The van der Waals surface area contributed by atoms with E-state index in [2.05, 4.69) is 15.5 Å². The third-order valence-electron chi connectivity index (χ3n) is 6.52. The second-order valence-electron chi connectivity index (χ2n) is 8.88. The van der Waals surface area contributed by atoms with Gasteiger partial charge in [0.05, 0.1) is 22.1 Å². The number of nitrogens with one attached hydrogen (secondary N) is 1. The summed E-state index contributed by atoms with van der Waals surface area (Å²) in [5.74, 6) is -1.92. The Morgan fingerprint density at radius 2 is 1.89 bits per heavy atom. The van der Waals surface area contributed by atoms with Gasteiger partial charge in [0.2, 0.25) is 17.6 Å². The van der Waals surface area contributed by atoms with Gasteiger partial charge >= 0.3 is 5.69 Å². The van der Waals surface area contributed by atoms with Crippen molar-refractivity contribution in [1.29, 1.82) is 0 Å². The lowest BCUT2D eigenvalue weighted by Crippen LogP contribution is -2.28. The summed E-state index contributed by atoms with van der Waals surface area (Å²) >= 11 is 0. The Bertz CT molecular complexity index is 1370. The highest BCUT2D eigenvalue weighted by Gasteiger charge is 2.36. The molecule has 2 amide bonds. The highest BCUT2D eigenvalue weighted by atomic mass is 19.1. The molecule has 2 aliphatic heterocycles. The molecule has 0 spiro atoms. The van der Waals surface area contributed by atoms with Gasteiger partial charge in [0, 0.05) is 37.7 Å². The molecule has 186 valence electrons. The van der Waals surface area contributed by atoms with Gasteiger partial charge in [-0.15, -0.1) is 10.2 Å². The van der Waals surface area contributed by atoms with Crippen LogP contribution in [0, 0.1) is 27.7 Å². The number of halogens is 2. The molecule has 2 aromatic carbocycles. The number of benzene rings is 2. The van der Waals surface area contributed by atoms with Crippen LogP contribution >= 0.6 is 0 Å². The Kier molecular flexibility index (Phi) is 6.17. The van der Waals surface area contributed by atoms with E-state index < -0.39 is 40.0 Å². The fourth-order valence-corrected chi connectivity index (χ4v) is 4.64. The van der Waals surface area contributed by atoms with E-state index >= 15 is 0 Å². The van der Waals surface area contributed by atoms with Crippen molar-refractivity contribution in [1.82, 2.24) is 14.8 Å². The van der Waals surface area contributed by atoms with Crippen molar-refractivity contribution in [3.63, 3.8) is 0 Å². The van der Waals surface area contributed by atoms with Crippen LogP contribution in [0.1, 0.15) is 31.5 Å². The Balaban J connectivity index is 1.33. The summed E-state index contributed by atoms with van der Waals surface area (Å²) < 4.78 is 30.3. The minimum atomic E-state index is -1.01. The minimum Gasteiger partial charge on any atom is -0.326 e. The predicted molar refractivity (Wildman–Crippen MR) is 125 cm³/mol. The van der Waals surface area contributed by atoms with Gasteiger partial charge in [0.25, 0.3) is 0 Å². The fraction of sp³-hybridized carbons (Fsp3) is 0.333. The smallest absolute Gasteiger partial charge is 0.306 e. The zero-order valence-electron chi connectivity index (χ0n) is 19.1. The summed E-state index contributed by atoms with van der Waals surface area (Å²) in [6.07, 6.45) is 3.65. The summed E-state index contributed by atoms with van der Waals surface area (Å²) in [6, 6.07) is 7.31. The number of fused-ring (bicyclic) bond motifs is 1. The van der Waals surface area contributed by atoms with E-state index in [1.165, 1.54) is 29.2 Å². The van der Waals surface area contributed by atoms with E-state index in [0.29, 0.717) is 18.1 Å². The number of hydrogen-bond acceptors (Lipinski definition) is 6. The van der Waals surface area contributed by atoms with Crippen molar-refractivity contribution in [2.75, 3.05) is 16.8 Å². The lowest BCUT2D eigenvalue weighted by atomic mass is 10.1. The zero-order valence-corrected chi connectivity index (χ0v) is 19.1. The first-order chi connectivity index (χ1) is 17.3. The molecule has 2 aliphatic rings. The number of nitro benzene ring substituents is 1. The standard InChI is InChI=1S/C24H22F2N6O4/c25-18-7-5-15(11-17(18)23-29-28-21-4-2-1-3-9-30(21)23)27-24(34)14-10-22(33)31(13-14)16-6-8-19(26)20(12-16)32(35)36/h5-8,11-12,14H,1-4,9-10,13H2,(H,27,34). The third kappa shape index (κ3) is 4.41. The van der Waals surface area contributed by atoms with E-state index in [-0.39, 0.29) is 24.2 Å². The van der Waals surface area contributed by atoms with Gasteiger partial charge in [-0.1, -0.05) is 6.42 Å².